The highest BCUT2D eigenvalue weighted by atomic mass is 32.2. The average molecular weight is 168 g/mol. The maximum Gasteiger partial charge on any atom is 0.121 e. The fourth-order valence-corrected chi connectivity index (χ4v) is 2.50. The predicted molar refractivity (Wildman–Crippen MR) is 47.0 cm³/mol. The van der Waals surface area contributed by atoms with E-state index in [0.717, 1.165) is 0 Å². The van der Waals surface area contributed by atoms with Gasteiger partial charge < -0.3 is 0 Å². The van der Waals surface area contributed by atoms with E-state index in [0.29, 0.717) is 0 Å². The molecule has 0 fully saturated rings. The molecule has 1 aliphatic rings. The monoisotopic (exact) mass is 168 g/mol. The summed E-state index contributed by atoms with van der Waals surface area (Å²) in [5, 5.41) is 8.53. The van der Waals surface area contributed by atoms with Gasteiger partial charge in [0, 0.05) is 11.3 Å². The Morgan fingerprint density at radius 2 is 2.36 bits per heavy atom. The first-order valence-electron chi connectivity index (χ1n) is 4.04. The van der Waals surface area contributed by atoms with Crippen molar-refractivity contribution in [1.29, 1.82) is 0 Å². The quantitative estimate of drug-likeness (QED) is 0.643. The van der Waals surface area contributed by atoms with Crippen molar-refractivity contribution >= 4 is 11.8 Å². The summed E-state index contributed by atoms with van der Waals surface area (Å²) in [6.45, 7) is 2.11. The smallest absolute Gasteiger partial charge is 0.121 e. The maximum atomic E-state index is 4.25. The number of aromatic amines is 1. The van der Waals surface area contributed by atoms with Crippen molar-refractivity contribution in [1.82, 2.24) is 10.2 Å². The number of rotatable bonds is 0. The summed E-state index contributed by atoms with van der Waals surface area (Å²) in [5.74, 6) is 1.23. The van der Waals surface area contributed by atoms with Crippen LogP contribution in [-0.4, -0.2) is 16.0 Å². The zero-order chi connectivity index (χ0) is 7.68. The second kappa shape index (κ2) is 2.89. The lowest BCUT2D eigenvalue weighted by Gasteiger charge is -1.94. The van der Waals surface area contributed by atoms with Crippen molar-refractivity contribution in [3.05, 3.63) is 11.3 Å². The molecule has 1 N–H and O–H groups in total. The van der Waals surface area contributed by atoms with Crippen LogP contribution in [0.25, 0.3) is 0 Å². The van der Waals surface area contributed by atoms with Crippen LogP contribution < -0.4 is 0 Å². The Morgan fingerprint density at radius 1 is 1.45 bits per heavy atom. The minimum absolute atomic E-state index is 1.21. The van der Waals surface area contributed by atoms with E-state index in [1.807, 2.05) is 11.8 Å². The Balaban J connectivity index is 2.35. The normalized spacial score (nSPS) is 17.5. The maximum absolute atomic E-state index is 4.25. The van der Waals surface area contributed by atoms with Gasteiger partial charge in [-0.15, -0.1) is 11.8 Å². The molecule has 11 heavy (non-hydrogen) atoms. The van der Waals surface area contributed by atoms with E-state index in [1.54, 1.807) is 0 Å². The summed E-state index contributed by atoms with van der Waals surface area (Å²) < 4.78 is 0. The number of nitrogens with zero attached hydrogens (tertiary/aromatic N) is 1. The molecule has 0 aliphatic carbocycles. The van der Waals surface area contributed by atoms with Crippen molar-refractivity contribution in [2.24, 2.45) is 0 Å². The minimum atomic E-state index is 1.21. The summed E-state index contributed by atoms with van der Waals surface area (Å²) in [7, 11) is 0. The van der Waals surface area contributed by atoms with E-state index in [9.17, 15) is 0 Å². The van der Waals surface area contributed by atoms with Crippen LogP contribution in [-0.2, 0) is 6.42 Å². The molecule has 0 saturated carbocycles. The number of thioether (sulfide) groups is 1. The molecule has 0 saturated heterocycles. The molecule has 1 aromatic heterocycles. The third-order valence-electron chi connectivity index (χ3n) is 2.10. The molecule has 1 aromatic rings. The van der Waals surface area contributed by atoms with Gasteiger partial charge in [-0.3, -0.25) is 5.10 Å². The fourth-order valence-electron chi connectivity index (χ4n) is 1.42. The molecule has 0 aromatic carbocycles. The van der Waals surface area contributed by atoms with E-state index in [4.69, 9.17) is 0 Å². The predicted octanol–water partition coefficient (Wildman–Crippen LogP) is 2.15. The van der Waals surface area contributed by atoms with Gasteiger partial charge in [-0.1, -0.05) is 0 Å². The molecule has 60 valence electrons. The van der Waals surface area contributed by atoms with Crippen LogP contribution >= 0.6 is 11.8 Å². The Hall–Kier alpha value is -0.440. The van der Waals surface area contributed by atoms with Gasteiger partial charge in [0.2, 0.25) is 0 Å². The molecule has 2 nitrogen and oxygen atoms in total. The molecule has 2 heterocycles. The second-order valence-corrected chi connectivity index (χ2v) is 4.02. The van der Waals surface area contributed by atoms with E-state index in [1.165, 1.54) is 41.3 Å². The van der Waals surface area contributed by atoms with Gasteiger partial charge in [-0.25, -0.2) is 0 Å². The Morgan fingerprint density at radius 3 is 3.27 bits per heavy atom. The van der Waals surface area contributed by atoms with Crippen molar-refractivity contribution in [2.75, 3.05) is 5.75 Å². The summed E-state index contributed by atoms with van der Waals surface area (Å²) in [6, 6.07) is 0. The molecule has 0 unspecified atom stereocenters. The summed E-state index contributed by atoms with van der Waals surface area (Å²) >= 11 is 1.89. The van der Waals surface area contributed by atoms with Crippen LogP contribution in [0.1, 0.15) is 24.1 Å². The second-order valence-electron chi connectivity index (χ2n) is 2.94. The average Bonchev–Trinajstić information content (AvgIpc) is 2.25. The van der Waals surface area contributed by atoms with Crippen LogP contribution in [0.3, 0.4) is 0 Å². The van der Waals surface area contributed by atoms with Crippen molar-refractivity contribution in [3.63, 3.8) is 0 Å². The zero-order valence-corrected chi connectivity index (χ0v) is 7.50. The van der Waals surface area contributed by atoms with E-state index in [2.05, 4.69) is 17.1 Å². The largest absolute Gasteiger partial charge is 0.281 e. The molecular formula is C8H12N2S. The van der Waals surface area contributed by atoms with E-state index in [-0.39, 0.29) is 0 Å². The number of hydrogen-bond donors (Lipinski definition) is 1. The molecule has 0 spiro atoms. The highest BCUT2D eigenvalue weighted by Gasteiger charge is 2.12. The van der Waals surface area contributed by atoms with E-state index >= 15 is 0 Å². The fraction of sp³-hybridized carbons (Fsp3) is 0.625. The standard InChI is InChI=1S/C8H12N2S/c1-6-7-4-2-3-5-11-8(7)10-9-6/h2-5H2,1H3,(H,9,10). The van der Waals surface area contributed by atoms with Crippen LogP contribution in [0.4, 0.5) is 0 Å². The van der Waals surface area contributed by atoms with Gasteiger partial charge in [-0.2, -0.15) is 5.10 Å². The lowest BCUT2D eigenvalue weighted by Crippen LogP contribution is -1.84. The molecular weight excluding hydrogens is 156 g/mol. The van der Waals surface area contributed by atoms with Crippen LogP contribution in [0.5, 0.6) is 0 Å². The lowest BCUT2D eigenvalue weighted by molar-refractivity contribution is 0.800. The molecule has 0 atom stereocenters. The minimum Gasteiger partial charge on any atom is -0.281 e. The van der Waals surface area contributed by atoms with Crippen LogP contribution in [0.15, 0.2) is 5.03 Å². The molecule has 0 bridgehead atoms. The SMILES string of the molecule is Cc1[nH]nc2c1CCCCS2. The molecule has 0 radical (unpaired) electrons. The number of fused-ring (bicyclic) bond motifs is 1. The van der Waals surface area contributed by atoms with Crippen LogP contribution in [0.2, 0.25) is 0 Å². The summed E-state index contributed by atoms with van der Waals surface area (Å²) in [5.41, 5.74) is 2.71. The van der Waals surface area contributed by atoms with E-state index < -0.39 is 0 Å². The van der Waals surface area contributed by atoms with Crippen LogP contribution in [0, 0.1) is 6.92 Å². The molecule has 3 heteroatoms. The topological polar surface area (TPSA) is 28.7 Å². The van der Waals surface area contributed by atoms with Gasteiger partial charge in [-0.05, 0) is 31.9 Å². The first kappa shape index (κ1) is 7.22. The van der Waals surface area contributed by atoms with Crippen molar-refractivity contribution in [3.8, 4) is 0 Å². The molecule has 2 rings (SSSR count). The Labute approximate surface area is 70.8 Å². The summed E-state index contributed by atoms with van der Waals surface area (Å²) in [4.78, 5) is 0. The van der Waals surface area contributed by atoms with Crippen molar-refractivity contribution < 1.29 is 0 Å². The Kier molecular flexibility index (Phi) is 1.90. The lowest BCUT2D eigenvalue weighted by atomic mass is 10.1. The van der Waals surface area contributed by atoms with Gasteiger partial charge in [0.25, 0.3) is 0 Å². The number of hydrogen-bond acceptors (Lipinski definition) is 2. The number of aromatic nitrogens is 2. The van der Waals surface area contributed by atoms with Gasteiger partial charge in [0.05, 0.1) is 0 Å². The first-order chi connectivity index (χ1) is 5.38. The zero-order valence-electron chi connectivity index (χ0n) is 6.68. The van der Waals surface area contributed by atoms with Gasteiger partial charge in [0.15, 0.2) is 0 Å². The molecule has 1 aliphatic heterocycles. The molecule has 0 amide bonds. The summed E-state index contributed by atoms with van der Waals surface area (Å²) in [6.07, 6.45) is 3.87. The first-order valence-corrected chi connectivity index (χ1v) is 5.03. The van der Waals surface area contributed by atoms with Gasteiger partial charge in [0.1, 0.15) is 5.03 Å². The van der Waals surface area contributed by atoms with Crippen molar-refractivity contribution in [2.45, 2.75) is 31.2 Å². The highest BCUT2D eigenvalue weighted by molar-refractivity contribution is 7.99. The third kappa shape index (κ3) is 1.29. The highest BCUT2D eigenvalue weighted by Crippen LogP contribution is 2.28. The van der Waals surface area contributed by atoms with Gasteiger partial charge >= 0.3 is 0 Å². The number of H-pyrrole nitrogens is 1. The number of nitrogens with one attached hydrogen (secondary N) is 1. The third-order valence-corrected chi connectivity index (χ3v) is 3.20. The number of aryl methyl sites for hydroxylation is 1. The Bertz CT molecular complexity index is 255.